The summed E-state index contributed by atoms with van der Waals surface area (Å²) in [7, 11) is 3.12. The van der Waals surface area contributed by atoms with Crippen molar-refractivity contribution in [2.75, 3.05) is 21.1 Å². The Morgan fingerprint density at radius 3 is 2.53 bits per heavy atom. The Morgan fingerprint density at radius 1 is 1.06 bits per heavy atom. The molecule has 0 aliphatic carbocycles. The number of para-hydroxylation sites is 1. The molecule has 2 aromatic carbocycles. The Kier molecular flexibility index (Phi) is 6.02. The molecule has 32 heavy (non-hydrogen) atoms. The second-order valence-electron chi connectivity index (χ2n) is 7.85. The van der Waals surface area contributed by atoms with Gasteiger partial charge in [-0.2, -0.15) is 0 Å². The van der Waals surface area contributed by atoms with Crippen molar-refractivity contribution >= 4 is 48.5 Å². The number of amides is 1. The van der Waals surface area contributed by atoms with Crippen LogP contribution in [0.3, 0.4) is 0 Å². The van der Waals surface area contributed by atoms with Crippen molar-refractivity contribution in [2.24, 2.45) is 7.05 Å². The van der Waals surface area contributed by atoms with Gasteiger partial charge in [0.1, 0.15) is 10.8 Å². The lowest BCUT2D eigenvalue weighted by Gasteiger charge is -2.15. The number of aryl methyl sites for hydroxylation is 2. The van der Waals surface area contributed by atoms with Gasteiger partial charge in [0.05, 0.1) is 32.7 Å². The number of carbonyl (C=O) groups is 1. The van der Waals surface area contributed by atoms with Crippen LogP contribution in [0, 0.1) is 0 Å². The molecule has 4 aromatic rings. The monoisotopic (exact) mass is 471 g/mol. The van der Waals surface area contributed by atoms with E-state index in [2.05, 4.69) is 9.97 Å². The number of fused-ring (bicyclic) bond motifs is 2. The highest BCUT2D eigenvalue weighted by Gasteiger charge is 2.20. The molecule has 10 heteroatoms. The van der Waals surface area contributed by atoms with E-state index in [0.717, 1.165) is 26.6 Å². The first-order valence-corrected chi connectivity index (χ1v) is 12.4. The van der Waals surface area contributed by atoms with Crippen molar-refractivity contribution in [3.8, 4) is 0 Å². The molecule has 0 fully saturated rings. The number of nitrogens with zero attached hydrogens (tertiary/aromatic N) is 5. The Hall–Kier alpha value is -2.82. The molecule has 0 aliphatic heterocycles. The van der Waals surface area contributed by atoms with Gasteiger partial charge in [0.25, 0.3) is 0 Å². The van der Waals surface area contributed by atoms with E-state index >= 15 is 0 Å². The second kappa shape index (κ2) is 8.61. The molecule has 0 saturated carbocycles. The first-order chi connectivity index (χ1) is 15.2. The summed E-state index contributed by atoms with van der Waals surface area (Å²) in [6.07, 6.45) is 0.769. The highest BCUT2D eigenvalue weighted by Crippen LogP contribution is 2.24. The molecule has 0 aliphatic rings. The number of hydrogen-bond donors (Lipinski definition) is 0. The molecule has 0 radical (unpaired) electrons. The Balaban J connectivity index is 1.45. The van der Waals surface area contributed by atoms with E-state index in [1.165, 1.54) is 18.4 Å². The molecule has 1 amide bonds. The maximum absolute atomic E-state index is 12.7. The quantitative estimate of drug-likeness (QED) is 0.413. The molecule has 4 rings (SSSR count). The van der Waals surface area contributed by atoms with Crippen molar-refractivity contribution in [3.63, 3.8) is 0 Å². The van der Waals surface area contributed by atoms with Crippen molar-refractivity contribution in [1.82, 2.24) is 23.7 Å². The van der Waals surface area contributed by atoms with Gasteiger partial charge < -0.3 is 9.47 Å². The standard InChI is InChI=1S/C22H25N5O3S2/c1-25(2)32(29,30)15-9-10-18-17(13-15)23-20(27(18)4)11-12-22(28)26(3)14-21-24-16-7-5-6-8-19(16)31-21/h5-10,13H,11-12,14H2,1-4H3. The highest BCUT2D eigenvalue weighted by atomic mass is 32.2. The molecule has 2 heterocycles. The average Bonchev–Trinajstić information content (AvgIpc) is 3.31. The summed E-state index contributed by atoms with van der Waals surface area (Å²) >= 11 is 1.59. The predicted octanol–water partition coefficient (Wildman–Crippen LogP) is 3.02. The molecule has 0 N–H and O–H groups in total. The summed E-state index contributed by atoms with van der Waals surface area (Å²) < 4.78 is 29.0. The number of hydrogen-bond acceptors (Lipinski definition) is 6. The lowest BCUT2D eigenvalue weighted by atomic mass is 10.2. The smallest absolute Gasteiger partial charge is 0.242 e. The van der Waals surface area contributed by atoms with Crippen LogP contribution in [0.15, 0.2) is 47.4 Å². The minimum Gasteiger partial charge on any atom is -0.339 e. The Morgan fingerprint density at radius 2 is 1.81 bits per heavy atom. The van der Waals surface area contributed by atoms with Gasteiger partial charge in [-0.3, -0.25) is 4.79 Å². The SMILES string of the molecule is CN(Cc1nc2ccccc2s1)C(=O)CCc1nc2cc(S(=O)(=O)N(C)C)ccc2n1C. The summed E-state index contributed by atoms with van der Waals surface area (Å²) in [4.78, 5) is 23.8. The molecule has 0 spiro atoms. The van der Waals surface area contributed by atoms with Crippen LogP contribution < -0.4 is 0 Å². The number of imidazole rings is 1. The van der Waals surface area contributed by atoms with E-state index in [9.17, 15) is 13.2 Å². The molecular formula is C22H25N5O3S2. The first-order valence-electron chi connectivity index (χ1n) is 10.1. The van der Waals surface area contributed by atoms with Gasteiger partial charge in [0, 0.05) is 41.0 Å². The van der Waals surface area contributed by atoms with Gasteiger partial charge in [-0.25, -0.2) is 22.7 Å². The summed E-state index contributed by atoms with van der Waals surface area (Å²) in [5.74, 6) is 0.744. The first kappa shape index (κ1) is 22.4. The molecule has 2 aromatic heterocycles. The molecule has 0 bridgehead atoms. The number of carbonyl (C=O) groups excluding carboxylic acids is 1. The third kappa shape index (κ3) is 4.25. The van der Waals surface area contributed by atoms with Gasteiger partial charge >= 0.3 is 0 Å². The number of thiazole rings is 1. The van der Waals surface area contributed by atoms with E-state index in [0.29, 0.717) is 24.9 Å². The van der Waals surface area contributed by atoms with Gasteiger partial charge in [0.15, 0.2) is 0 Å². The molecule has 0 saturated heterocycles. The van der Waals surface area contributed by atoms with Crippen LogP contribution in [0.2, 0.25) is 0 Å². The zero-order chi connectivity index (χ0) is 23.0. The fraction of sp³-hybridized carbons (Fsp3) is 0.318. The van der Waals surface area contributed by atoms with Crippen LogP contribution in [-0.4, -0.2) is 59.2 Å². The van der Waals surface area contributed by atoms with E-state index in [4.69, 9.17) is 0 Å². The molecule has 0 atom stereocenters. The zero-order valence-electron chi connectivity index (χ0n) is 18.4. The van der Waals surface area contributed by atoms with Gasteiger partial charge in [-0.05, 0) is 30.3 Å². The number of rotatable bonds is 7. The van der Waals surface area contributed by atoms with Crippen LogP contribution >= 0.6 is 11.3 Å². The fourth-order valence-corrected chi connectivity index (χ4v) is 5.46. The number of sulfonamides is 1. The van der Waals surface area contributed by atoms with Gasteiger partial charge in [0.2, 0.25) is 15.9 Å². The minimum absolute atomic E-state index is 0.00665. The maximum Gasteiger partial charge on any atom is 0.242 e. The van der Waals surface area contributed by atoms with Crippen molar-refractivity contribution in [2.45, 2.75) is 24.3 Å². The Labute approximate surface area is 191 Å². The molecule has 168 valence electrons. The normalized spacial score (nSPS) is 12.2. The maximum atomic E-state index is 12.7. The van der Waals surface area contributed by atoms with E-state index in [1.807, 2.05) is 35.9 Å². The lowest BCUT2D eigenvalue weighted by molar-refractivity contribution is -0.130. The third-order valence-corrected chi connectivity index (χ3v) is 8.25. The molecule has 8 nitrogen and oxygen atoms in total. The predicted molar refractivity (Wildman–Crippen MR) is 126 cm³/mol. The summed E-state index contributed by atoms with van der Waals surface area (Å²) in [6, 6.07) is 12.8. The summed E-state index contributed by atoms with van der Waals surface area (Å²) in [5.41, 5.74) is 2.37. The van der Waals surface area contributed by atoms with Crippen LogP contribution in [0.25, 0.3) is 21.3 Å². The van der Waals surface area contributed by atoms with E-state index in [1.54, 1.807) is 41.5 Å². The lowest BCUT2D eigenvalue weighted by Crippen LogP contribution is -2.26. The second-order valence-corrected chi connectivity index (χ2v) is 11.1. The van der Waals surface area contributed by atoms with Crippen molar-refractivity contribution in [1.29, 1.82) is 0 Å². The van der Waals surface area contributed by atoms with E-state index < -0.39 is 10.0 Å². The molecular weight excluding hydrogens is 446 g/mol. The van der Waals surface area contributed by atoms with Crippen molar-refractivity contribution < 1.29 is 13.2 Å². The van der Waals surface area contributed by atoms with E-state index in [-0.39, 0.29) is 10.8 Å². The third-order valence-electron chi connectivity index (χ3n) is 5.42. The van der Waals surface area contributed by atoms with Crippen LogP contribution in [0.4, 0.5) is 0 Å². The average molecular weight is 472 g/mol. The van der Waals surface area contributed by atoms with Crippen LogP contribution in [-0.2, 0) is 34.8 Å². The fourth-order valence-electron chi connectivity index (χ4n) is 3.51. The summed E-state index contributed by atoms with van der Waals surface area (Å²) in [6.45, 7) is 0.465. The molecule has 0 unspecified atom stereocenters. The van der Waals surface area contributed by atoms with Gasteiger partial charge in [-0.1, -0.05) is 12.1 Å². The topological polar surface area (TPSA) is 88.4 Å². The van der Waals surface area contributed by atoms with Crippen LogP contribution in [0.5, 0.6) is 0 Å². The number of aromatic nitrogens is 3. The Bertz CT molecular complexity index is 1370. The highest BCUT2D eigenvalue weighted by molar-refractivity contribution is 7.89. The van der Waals surface area contributed by atoms with Gasteiger partial charge in [-0.15, -0.1) is 11.3 Å². The summed E-state index contributed by atoms with van der Waals surface area (Å²) in [5, 5.41) is 0.902. The van der Waals surface area contributed by atoms with Crippen LogP contribution in [0.1, 0.15) is 17.3 Å². The largest absolute Gasteiger partial charge is 0.339 e. The minimum atomic E-state index is -3.53. The number of benzene rings is 2. The van der Waals surface area contributed by atoms with Crippen molar-refractivity contribution in [3.05, 3.63) is 53.3 Å². The zero-order valence-corrected chi connectivity index (χ0v) is 20.1.